The Labute approximate surface area is 92.9 Å². The molecule has 0 aliphatic carbocycles. The third-order valence-corrected chi connectivity index (χ3v) is 2.93. The maximum atomic E-state index is 13.7. The summed E-state index contributed by atoms with van der Waals surface area (Å²) in [7, 11) is 0. The molecule has 1 N–H and O–H groups in total. The van der Waals surface area contributed by atoms with Crippen molar-refractivity contribution >= 4 is 0 Å². The molecule has 1 aromatic carbocycles. The minimum Gasteiger partial charge on any atom is -0.312 e. The van der Waals surface area contributed by atoms with E-state index in [1.807, 2.05) is 16.8 Å². The summed E-state index contributed by atoms with van der Waals surface area (Å²) in [6.45, 7) is 1.81. The van der Waals surface area contributed by atoms with Crippen LogP contribution in [0.4, 0.5) is 4.39 Å². The largest absolute Gasteiger partial charge is 0.312 e. The van der Waals surface area contributed by atoms with E-state index in [9.17, 15) is 4.39 Å². The number of benzene rings is 1. The van der Waals surface area contributed by atoms with Crippen LogP contribution < -0.4 is 5.32 Å². The van der Waals surface area contributed by atoms with Crippen LogP contribution in [0.1, 0.15) is 6.04 Å². The average Bonchev–Trinajstić information content (AvgIpc) is 2.65. The van der Waals surface area contributed by atoms with Crippen molar-refractivity contribution in [3.8, 4) is 11.3 Å². The minimum atomic E-state index is -0.198. The molecule has 0 atom stereocenters. The molecular weight excluding hydrogens is 205 g/mol. The van der Waals surface area contributed by atoms with Crippen LogP contribution in [0.2, 0.25) is 0 Å². The minimum absolute atomic E-state index is 0.198. The van der Waals surface area contributed by atoms with E-state index in [0.717, 1.165) is 18.8 Å². The fraction of sp³-hybridized carbons (Fsp3) is 0.250. The van der Waals surface area contributed by atoms with Crippen molar-refractivity contribution in [2.24, 2.45) is 0 Å². The third kappa shape index (κ3) is 1.42. The highest BCUT2D eigenvalue weighted by Crippen LogP contribution is 2.25. The Kier molecular flexibility index (Phi) is 2.22. The van der Waals surface area contributed by atoms with Crippen LogP contribution in [0.25, 0.3) is 11.3 Å². The summed E-state index contributed by atoms with van der Waals surface area (Å²) in [5.74, 6) is -0.198. The van der Waals surface area contributed by atoms with Gasteiger partial charge in [-0.25, -0.2) is 4.39 Å². The Balaban J connectivity index is 2.06. The second-order valence-corrected chi connectivity index (χ2v) is 3.95. The first-order valence-electron chi connectivity index (χ1n) is 5.35. The van der Waals surface area contributed by atoms with Gasteiger partial charge in [0.2, 0.25) is 0 Å². The van der Waals surface area contributed by atoms with Crippen LogP contribution in [-0.4, -0.2) is 22.9 Å². The Hall–Kier alpha value is -1.68. The molecule has 82 valence electrons. The van der Waals surface area contributed by atoms with Gasteiger partial charge in [-0.1, -0.05) is 12.1 Å². The zero-order chi connectivity index (χ0) is 11.0. The van der Waals surface area contributed by atoms with Crippen LogP contribution in [0.3, 0.4) is 0 Å². The molecule has 1 fully saturated rings. The van der Waals surface area contributed by atoms with Crippen molar-refractivity contribution in [2.75, 3.05) is 13.1 Å². The van der Waals surface area contributed by atoms with Gasteiger partial charge in [0.05, 0.1) is 11.7 Å². The maximum absolute atomic E-state index is 13.7. The molecule has 1 aliphatic rings. The standard InChI is InChI=1S/C12H12FN3/c13-11-4-2-1-3-10(11)12-5-6-15-16(12)9-7-14-8-9/h1-6,9,14H,7-8H2. The predicted molar refractivity (Wildman–Crippen MR) is 59.5 cm³/mol. The van der Waals surface area contributed by atoms with E-state index in [2.05, 4.69) is 10.4 Å². The highest BCUT2D eigenvalue weighted by molar-refractivity contribution is 5.60. The molecule has 2 aromatic rings. The molecule has 0 amide bonds. The van der Waals surface area contributed by atoms with Gasteiger partial charge in [-0.15, -0.1) is 0 Å². The van der Waals surface area contributed by atoms with Gasteiger partial charge in [0.15, 0.2) is 0 Å². The first-order chi connectivity index (χ1) is 7.86. The topological polar surface area (TPSA) is 29.9 Å². The quantitative estimate of drug-likeness (QED) is 0.831. The lowest BCUT2D eigenvalue weighted by molar-refractivity contribution is 0.321. The number of aromatic nitrogens is 2. The molecule has 0 spiro atoms. The van der Waals surface area contributed by atoms with Crippen molar-refractivity contribution in [2.45, 2.75) is 6.04 Å². The normalized spacial score (nSPS) is 16.1. The van der Waals surface area contributed by atoms with Crippen molar-refractivity contribution < 1.29 is 4.39 Å². The van der Waals surface area contributed by atoms with Crippen molar-refractivity contribution in [3.05, 3.63) is 42.3 Å². The zero-order valence-electron chi connectivity index (χ0n) is 8.73. The van der Waals surface area contributed by atoms with E-state index in [0.29, 0.717) is 11.6 Å². The zero-order valence-corrected chi connectivity index (χ0v) is 8.73. The van der Waals surface area contributed by atoms with Crippen LogP contribution in [0, 0.1) is 5.82 Å². The molecule has 3 rings (SSSR count). The SMILES string of the molecule is Fc1ccccc1-c1ccnn1C1CNC1. The first kappa shape index (κ1) is 9.54. The number of hydrogen-bond donors (Lipinski definition) is 1. The lowest BCUT2D eigenvalue weighted by Gasteiger charge is -2.29. The fourth-order valence-electron chi connectivity index (χ4n) is 1.93. The van der Waals surface area contributed by atoms with Crippen LogP contribution in [-0.2, 0) is 0 Å². The number of nitrogens with one attached hydrogen (secondary N) is 1. The highest BCUT2D eigenvalue weighted by Gasteiger charge is 2.22. The molecule has 2 heterocycles. The summed E-state index contributed by atoms with van der Waals surface area (Å²) >= 11 is 0. The fourth-order valence-corrected chi connectivity index (χ4v) is 1.93. The summed E-state index contributed by atoms with van der Waals surface area (Å²) in [6.07, 6.45) is 1.72. The van der Waals surface area contributed by atoms with E-state index < -0.39 is 0 Å². The molecule has 3 nitrogen and oxygen atoms in total. The molecule has 16 heavy (non-hydrogen) atoms. The molecule has 0 bridgehead atoms. The molecule has 4 heteroatoms. The Bertz CT molecular complexity index is 502. The summed E-state index contributed by atoms with van der Waals surface area (Å²) in [5, 5.41) is 7.45. The van der Waals surface area contributed by atoms with E-state index in [1.165, 1.54) is 6.07 Å². The van der Waals surface area contributed by atoms with E-state index >= 15 is 0 Å². The molecule has 0 saturated carbocycles. The average molecular weight is 217 g/mol. The predicted octanol–water partition coefficient (Wildman–Crippen LogP) is 1.83. The summed E-state index contributed by atoms with van der Waals surface area (Å²) in [5.41, 5.74) is 1.47. The smallest absolute Gasteiger partial charge is 0.132 e. The third-order valence-electron chi connectivity index (χ3n) is 2.93. The van der Waals surface area contributed by atoms with Crippen LogP contribution in [0.5, 0.6) is 0 Å². The lowest BCUT2D eigenvalue weighted by atomic mass is 10.1. The Morgan fingerprint density at radius 3 is 2.75 bits per heavy atom. The van der Waals surface area contributed by atoms with Gasteiger partial charge in [0.25, 0.3) is 0 Å². The molecule has 1 aliphatic heterocycles. The molecule has 0 radical (unpaired) electrons. The van der Waals surface area contributed by atoms with Crippen molar-refractivity contribution in [1.82, 2.24) is 15.1 Å². The number of halogens is 1. The van der Waals surface area contributed by atoms with Gasteiger partial charge in [-0.2, -0.15) is 5.10 Å². The first-order valence-corrected chi connectivity index (χ1v) is 5.35. The Morgan fingerprint density at radius 1 is 1.25 bits per heavy atom. The monoisotopic (exact) mass is 217 g/mol. The van der Waals surface area contributed by atoms with Gasteiger partial charge in [-0.3, -0.25) is 4.68 Å². The van der Waals surface area contributed by atoms with Crippen LogP contribution in [0.15, 0.2) is 36.5 Å². The number of hydrogen-bond acceptors (Lipinski definition) is 2. The molecule has 0 unspecified atom stereocenters. The maximum Gasteiger partial charge on any atom is 0.132 e. The van der Waals surface area contributed by atoms with Crippen LogP contribution >= 0.6 is 0 Å². The number of rotatable bonds is 2. The number of nitrogens with zero attached hydrogens (tertiary/aromatic N) is 2. The lowest BCUT2D eigenvalue weighted by Crippen LogP contribution is -2.44. The van der Waals surface area contributed by atoms with E-state index in [1.54, 1.807) is 18.3 Å². The van der Waals surface area contributed by atoms with Gasteiger partial charge >= 0.3 is 0 Å². The van der Waals surface area contributed by atoms with Gasteiger partial charge < -0.3 is 5.32 Å². The molecule has 1 aromatic heterocycles. The summed E-state index contributed by atoms with van der Waals surface area (Å²) < 4.78 is 15.6. The summed E-state index contributed by atoms with van der Waals surface area (Å²) in [6, 6.07) is 9.01. The second-order valence-electron chi connectivity index (χ2n) is 3.95. The van der Waals surface area contributed by atoms with Crippen molar-refractivity contribution in [3.63, 3.8) is 0 Å². The second kappa shape index (κ2) is 3.72. The van der Waals surface area contributed by atoms with Gasteiger partial charge in [-0.05, 0) is 18.2 Å². The molecule has 1 saturated heterocycles. The van der Waals surface area contributed by atoms with E-state index in [-0.39, 0.29) is 5.82 Å². The van der Waals surface area contributed by atoms with Gasteiger partial charge in [0, 0.05) is 24.8 Å². The molecular formula is C12H12FN3. The Morgan fingerprint density at radius 2 is 2.06 bits per heavy atom. The van der Waals surface area contributed by atoms with E-state index in [4.69, 9.17) is 0 Å². The van der Waals surface area contributed by atoms with Crippen molar-refractivity contribution in [1.29, 1.82) is 0 Å². The highest BCUT2D eigenvalue weighted by atomic mass is 19.1. The summed E-state index contributed by atoms with van der Waals surface area (Å²) in [4.78, 5) is 0. The van der Waals surface area contributed by atoms with Gasteiger partial charge in [0.1, 0.15) is 5.82 Å².